The lowest BCUT2D eigenvalue weighted by molar-refractivity contribution is 0.573. The minimum Gasteiger partial charge on any atom is -0.370 e. The molecule has 0 saturated carbocycles. The second-order valence-electron chi connectivity index (χ2n) is 4.50. The molecule has 18 heavy (non-hydrogen) atoms. The summed E-state index contributed by atoms with van der Waals surface area (Å²) in [6, 6.07) is 1.92. The number of nitrogens with zero attached hydrogens (tertiary/aromatic N) is 3. The summed E-state index contributed by atoms with van der Waals surface area (Å²) < 4.78 is 1.90. The molecule has 0 fully saturated rings. The lowest BCUT2D eigenvalue weighted by Gasteiger charge is -2.07. The van der Waals surface area contributed by atoms with Gasteiger partial charge in [0.2, 0.25) is 0 Å². The highest BCUT2D eigenvalue weighted by Crippen LogP contribution is 1.96. The van der Waals surface area contributed by atoms with Crippen LogP contribution in [0.1, 0.15) is 26.7 Å². The van der Waals surface area contributed by atoms with Gasteiger partial charge in [-0.1, -0.05) is 13.8 Å². The Morgan fingerprint density at radius 2 is 2.28 bits per heavy atom. The van der Waals surface area contributed by atoms with Gasteiger partial charge in [0.05, 0.1) is 0 Å². The average Bonchev–Trinajstić information content (AvgIpc) is 2.76. The Balaban J connectivity index is 0.00000289. The highest BCUT2D eigenvalue weighted by molar-refractivity contribution is 14.0. The Morgan fingerprint density at radius 1 is 1.50 bits per heavy atom. The maximum absolute atomic E-state index is 5.74. The van der Waals surface area contributed by atoms with E-state index in [1.54, 1.807) is 6.20 Å². The van der Waals surface area contributed by atoms with Crippen molar-refractivity contribution in [1.29, 1.82) is 0 Å². The highest BCUT2D eigenvalue weighted by atomic mass is 127. The second-order valence-corrected chi connectivity index (χ2v) is 4.50. The number of hydrogen-bond donors (Lipinski definition) is 2. The van der Waals surface area contributed by atoms with Crippen molar-refractivity contribution >= 4 is 29.9 Å². The second kappa shape index (κ2) is 10.2. The molecule has 1 rings (SSSR count). The molecule has 1 heterocycles. The fourth-order valence-corrected chi connectivity index (χ4v) is 1.41. The highest BCUT2D eigenvalue weighted by Gasteiger charge is 1.95. The maximum atomic E-state index is 5.74. The van der Waals surface area contributed by atoms with Crippen LogP contribution in [0.3, 0.4) is 0 Å². The van der Waals surface area contributed by atoms with Gasteiger partial charge >= 0.3 is 0 Å². The van der Waals surface area contributed by atoms with Gasteiger partial charge in [0.1, 0.15) is 0 Å². The number of nitrogens with one attached hydrogen (secondary N) is 1. The molecule has 0 aromatic carbocycles. The number of aliphatic imine (C=N–C) groups is 1. The fraction of sp³-hybridized carbons (Fsp3) is 0.667. The molecule has 0 unspecified atom stereocenters. The van der Waals surface area contributed by atoms with Crippen molar-refractivity contribution in [2.24, 2.45) is 16.6 Å². The van der Waals surface area contributed by atoms with E-state index in [9.17, 15) is 0 Å². The Labute approximate surface area is 126 Å². The number of rotatable bonds is 7. The summed E-state index contributed by atoms with van der Waals surface area (Å²) in [7, 11) is 0. The van der Waals surface area contributed by atoms with Crippen molar-refractivity contribution in [2.45, 2.75) is 33.2 Å². The molecule has 0 amide bonds. The van der Waals surface area contributed by atoms with E-state index in [4.69, 9.17) is 5.73 Å². The molecule has 0 atom stereocenters. The Bertz CT molecular complexity index is 321. The molecule has 3 N–H and O–H groups in total. The lowest BCUT2D eigenvalue weighted by atomic mass is 10.1. The van der Waals surface area contributed by atoms with Crippen LogP contribution in [0.25, 0.3) is 0 Å². The zero-order valence-electron chi connectivity index (χ0n) is 11.2. The van der Waals surface area contributed by atoms with Gasteiger partial charge < -0.3 is 11.1 Å². The van der Waals surface area contributed by atoms with E-state index in [2.05, 4.69) is 29.3 Å². The number of guanidine groups is 1. The largest absolute Gasteiger partial charge is 0.370 e. The molecule has 104 valence electrons. The Kier molecular flexibility index (Phi) is 9.72. The summed E-state index contributed by atoms with van der Waals surface area (Å²) in [6.07, 6.45) is 5.80. The van der Waals surface area contributed by atoms with Crippen LogP contribution < -0.4 is 11.1 Å². The third-order valence-corrected chi connectivity index (χ3v) is 2.41. The molecule has 0 aliphatic rings. The van der Waals surface area contributed by atoms with Crippen LogP contribution in [0, 0.1) is 5.92 Å². The van der Waals surface area contributed by atoms with E-state index in [1.807, 2.05) is 16.9 Å². The Hall–Kier alpha value is -0.790. The summed E-state index contributed by atoms with van der Waals surface area (Å²) in [5.41, 5.74) is 5.74. The summed E-state index contributed by atoms with van der Waals surface area (Å²) in [5, 5.41) is 7.24. The maximum Gasteiger partial charge on any atom is 0.188 e. The number of aryl methyl sites for hydroxylation is 1. The standard InChI is InChI=1S/C12H23N5.HI/c1-11(2)5-8-15-12(13)14-6-3-9-17-10-4-7-16-17;/h4,7,10-11H,3,5-6,8-9H2,1-2H3,(H3,13,14,15);1H. The molecule has 5 nitrogen and oxygen atoms in total. The first-order valence-electron chi connectivity index (χ1n) is 6.19. The third-order valence-electron chi connectivity index (χ3n) is 2.41. The summed E-state index contributed by atoms with van der Waals surface area (Å²) >= 11 is 0. The molecule has 0 bridgehead atoms. The zero-order valence-corrected chi connectivity index (χ0v) is 13.5. The van der Waals surface area contributed by atoms with E-state index in [0.29, 0.717) is 11.9 Å². The van der Waals surface area contributed by atoms with Crippen molar-refractivity contribution in [3.8, 4) is 0 Å². The van der Waals surface area contributed by atoms with Gasteiger partial charge in [-0.25, -0.2) is 0 Å². The summed E-state index contributed by atoms with van der Waals surface area (Å²) in [5.74, 6) is 1.24. The smallest absolute Gasteiger partial charge is 0.188 e. The fourth-order valence-electron chi connectivity index (χ4n) is 1.41. The van der Waals surface area contributed by atoms with Crippen LogP contribution in [0.4, 0.5) is 0 Å². The number of nitrogens with two attached hydrogens (primary N) is 1. The molecule has 0 radical (unpaired) electrons. The van der Waals surface area contributed by atoms with Gasteiger partial charge in [-0.3, -0.25) is 9.67 Å². The molecular formula is C12H24IN5. The van der Waals surface area contributed by atoms with E-state index >= 15 is 0 Å². The van der Waals surface area contributed by atoms with Crippen molar-refractivity contribution in [3.63, 3.8) is 0 Å². The molecule has 0 spiro atoms. The molecule has 1 aromatic heterocycles. The van der Waals surface area contributed by atoms with Crippen LogP contribution in [0.2, 0.25) is 0 Å². The van der Waals surface area contributed by atoms with Crippen LogP contribution >= 0.6 is 24.0 Å². The third kappa shape index (κ3) is 8.32. The number of aromatic nitrogens is 2. The lowest BCUT2D eigenvalue weighted by Crippen LogP contribution is -2.33. The van der Waals surface area contributed by atoms with Gasteiger partial charge in [-0.15, -0.1) is 24.0 Å². The van der Waals surface area contributed by atoms with Crippen molar-refractivity contribution < 1.29 is 0 Å². The molecular weight excluding hydrogens is 341 g/mol. The van der Waals surface area contributed by atoms with Crippen LogP contribution in [-0.2, 0) is 6.54 Å². The molecule has 0 aliphatic carbocycles. The van der Waals surface area contributed by atoms with Gasteiger partial charge in [-0.05, 0) is 24.8 Å². The van der Waals surface area contributed by atoms with Crippen LogP contribution in [0.5, 0.6) is 0 Å². The number of halogens is 1. The molecule has 0 aliphatic heterocycles. The van der Waals surface area contributed by atoms with Crippen LogP contribution in [0.15, 0.2) is 23.5 Å². The van der Waals surface area contributed by atoms with E-state index in [1.165, 1.54) is 0 Å². The molecule has 6 heteroatoms. The minimum atomic E-state index is 0. The van der Waals surface area contributed by atoms with Crippen molar-refractivity contribution in [2.75, 3.05) is 13.1 Å². The van der Waals surface area contributed by atoms with Gasteiger partial charge in [0, 0.05) is 32.0 Å². The summed E-state index contributed by atoms with van der Waals surface area (Å²) in [6.45, 7) is 6.90. The van der Waals surface area contributed by atoms with E-state index < -0.39 is 0 Å². The first kappa shape index (κ1) is 17.2. The topological polar surface area (TPSA) is 68.2 Å². The van der Waals surface area contributed by atoms with Gasteiger partial charge in [0.15, 0.2) is 5.96 Å². The van der Waals surface area contributed by atoms with Crippen molar-refractivity contribution in [3.05, 3.63) is 18.5 Å². The minimum absolute atomic E-state index is 0. The summed E-state index contributed by atoms with van der Waals surface area (Å²) in [4.78, 5) is 4.26. The van der Waals surface area contributed by atoms with Crippen LogP contribution in [-0.4, -0.2) is 28.8 Å². The monoisotopic (exact) mass is 365 g/mol. The first-order valence-corrected chi connectivity index (χ1v) is 6.19. The quantitative estimate of drug-likeness (QED) is 0.335. The number of hydrogen-bond acceptors (Lipinski definition) is 2. The van der Waals surface area contributed by atoms with Crippen molar-refractivity contribution in [1.82, 2.24) is 15.1 Å². The average molecular weight is 365 g/mol. The normalized spacial score (nSPS) is 11.4. The first-order chi connectivity index (χ1) is 8.18. The zero-order chi connectivity index (χ0) is 12.5. The SMILES string of the molecule is CC(C)CCNC(N)=NCCCn1cccn1.I. The predicted octanol–water partition coefficient (Wildman–Crippen LogP) is 1.84. The van der Waals surface area contributed by atoms with Gasteiger partial charge in [-0.2, -0.15) is 5.10 Å². The van der Waals surface area contributed by atoms with Gasteiger partial charge in [0.25, 0.3) is 0 Å². The Morgan fingerprint density at radius 3 is 2.89 bits per heavy atom. The molecule has 0 saturated heterocycles. The predicted molar refractivity (Wildman–Crippen MR) is 86.2 cm³/mol. The van der Waals surface area contributed by atoms with E-state index in [0.717, 1.165) is 32.5 Å². The molecule has 1 aromatic rings. The van der Waals surface area contributed by atoms with E-state index in [-0.39, 0.29) is 24.0 Å².